The van der Waals surface area contributed by atoms with E-state index in [-0.39, 0.29) is 23.7 Å². The van der Waals surface area contributed by atoms with Crippen LogP contribution in [0, 0.1) is 12.3 Å². The molecular formula is C19H22ClN3O3S. The van der Waals surface area contributed by atoms with Crippen molar-refractivity contribution in [3.63, 3.8) is 0 Å². The third-order valence-corrected chi connectivity index (χ3v) is 6.09. The average molecular weight is 408 g/mol. The van der Waals surface area contributed by atoms with Gasteiger partial charge >= 0.3 is 0 Å². The van der Waals surface area contributed by atoms with Crippen LogP contribution >= 0.6 is 22.9 Å². The number of carbonyl (C=O) groups is 2. The van der Waals surface area contributed by atoms with Crippen molar-refractivity contribution in [3.8, 4) is 5.75 Å². The molecule has 2 N–H and O–H groups in total. The third kappa shape index (κ3) is 4.78. The number of likely N-dealkylation sites (tertiary alicyclic amines) is 1. The number of amides is 2. The predicted octanol–water partition coefficient (Wildman–Crippen LogP) is 3.28. The van der Waals surface area contributed by atoms with Gasteiger partial charge < -0.3 is 15.4 Å². The fourth-order valence-electron chi connectivity index (χ4n) is 3.37. The fraction of sp³-hybridized carbons (Fsp3) is 0.421. The summed E-state index contributed by atoms with van der Waals surface area (Å²) in [5.41, 5.74) is 7.55. The first kappa shape index (κ1) is 19.6. The van der Waals surface area contributed by atoms with E-state index in [0.29, 0.717) is 48.2 Å². The number of halogens is 1. The summed E-state index contributed by atoms with van der Waals surface area (Å²) in [4.78, 5) is 31.0. The number of primary amides is 1. The lowest BCUT2D eigenvalue weighted by atomic mass is 9.76. The van der Waals surface area contributed by atoms with Crippen LogP contribution in [0.2, 0.25) is 5.02 Å². The maximum atomic E-state index is 12.7. The van der Waals surface area contributed by atoms with E-state index in [1.807, 2.05) is 24.0 Å². The molecule has 1 saturated heterocycles. The molecule has 1 aliphatic rings. The molecule has 0 bridgehead atoms. The number of carbonyl (C=O) groups excluding carboxylic acids is 2. The summed E-state index contributed by atoms with van der Waals surface area (Å²) >= 11 is 7.36. The van der Waals surface area contributed by atoms with E-state index in [0.717, 1.165) is 5.69 Å². The molecule has 0 spiro atoms. The van der Waals surface area contributed by atoms with Crippen molar-refractivity contribution in [2.45, 2.75) is 26.2 Å². The van der Waals surface area contributed by atoms with Crippen LogP contribution in [0.4, 0.5) is 0 Å². The zero-order valence-electron chi connectivity index (χ0n) is 15.1. The second-order valence-corrected chi connectivity index (χ2v) is 8.24. The van der Waals surface area contributed by atoms with Gasteiger partial charge in [0.15, 0.2) is 0 Å². The van der Waals surface area contributed by atoms with E-state index in [9.17, 15) is 9.59 Å². The first-order valence-electron chi connectivity index (χ1n) is 8.75. The predicted molar refractivity (Wildman–Crippen MR) is 105 cm³/mol. The normalized spacial score (nSPS) is 16.1. The largest absolute Gasteiger partial charge is 0.493 e. The number of piperidine rings is 1. The van der Waals surface area contributed by atoms with Crippen LogP contribution in [-0.4, -0.2) is 41.4 Å². The van der Waals surface area contributed by atoms with Crippen molar-refractivity contribution in [2.24, 2.45) is 11.1 Å². The van der Waals surface area contributed by atoms with Gasteiger partial charge in [-0.2, -0.15) is 0 Å². The molecule has 0 atom stereocenters. The van der Waals surface area contributed by atoms with Gasteiger partial charge in [-0.1, -0.05) is 17.7 Å². The average Bonchev–Trinajstić information content (AvgIpc) is 3.06. The molecule has 0 aliphatic carbocycles. The smallest absolute Gasteiger partial charge is 0.265 e. The van der Waals surface area contributed by atoms with Crippen molar-refractivity contribution in [2.75, 3.05) is 19.7 Å². The van der Waals surface area contributed by atoms with Crippen molar-refractivity contribution in [3.05, 3.63) is 45.4 Å². The molecular weight excluding hydrogens is 386 g/mol. The Hall–Kier alpha value is -2.12. The first-order valence-corrected chi connectivity index (χ1v) is 10.0. The van der Waals surface area contributed by atoms with Gasteiger partial charge in [0.05, 0.1) is 17.8 Å². The minimum absolute atomic E-state index is 0.00145. The Morgan fingerprint density at radius 2 is 2.11 bits per heavy atom. The summed E-state index contributed by atoms with van der Waals surface area (Å²) in [6.07, 6.45) is 1.54. The minimum Gasteiger partial charge on any atom is -0.493 e. The monoisotopic (exact) mass is 407 g/mol. The summed E-state index contributed by atoms with van der Waals surface area (Å²) in [6, 6.07) is 7.16. The zero-order valence-corrected chi connectivity index (χ0v) is 16.7. The van der Waals surface area contributed by atoms with Crippen molar-refractivity contribution >= 4 is 34.8 Å². The Kier molecular flexibility index (Phi) is 6.01. The number of hydrogen-bond acceptors (Lipinski definition) is 5. The molecule has 0 unspecified atom stereocenters. The SMILES string of the molecule is Cc1ncsc1C(=O)N1CCC(COc2cccc(Cl)c2)(CC(N)=O)CC1. The maximum absolute atomic E-state index is 12.7. The highest BCUT2D eigenvalue weighted by molar-refractivity contribution is 7.11. The molecule has 1 aromatic carbocycles. The summed E-state index contributed by atoms with van der Waals surface area (Å²) in [5, 5.41) is 0.594. The Morgan fingerprint density at radius 1 is 1.37 bits per heavy atom. The van der Waals surface area contributed by atoms with E-state index >= 15 is 0 Å². The number of thiazole rings is 1. The maximum Gasteiger partial charge on any atom is 0.265 e. The number of aryl methyl sites for hydroxylation is 1. The van der Waals surface area contributed by atoms with Gasteiger partial charge in [-0.15, -0.1) is 11.3 Å². The highest BCUT2D eigenvalue weighted by Gasteiger charge is 2.38. The van der Waals surface area contributed by atoms with Gasteiger partial charge in [0, 0.05) is 29.9 Å². The second kappa shape index (κ2) is 8.27. The highest BCUT2D eigenvalue weighted by atomic mass is 35.5. The molecule has 27 heavy (non-hydrogen) atoms. The first-order chi connectivity index (χ1) is 12.9. The molecule has 6 nitrogen and oxygen atoms in total. The molecule has 0 saturated carbocycles. The van der Waals surface area contributed by atoms with Gasteiger partial charge in [-0.25, -0.2) is 4.98 Å². The van der Waals surface area contributed by atoms with E-state index in [2.05, 4.69) is 4.98 Å². The molecule has 0 radical (unpaired) electrons. The molecule has 1 aromatic heterocycles. The summed E-state index contributed by atoms with van der Waals surface area (Å²) in [7, 11) is 0. The molecule has 8 heteroatoms. The van der Waals surface area contributed by atoms with Crippen molar-refractivity contribution < 1.29 is 14.3 Å². The van der Waals surface area contributed by atoms with Crippen LogP contribution in [-0.2, 0) is 4.79 Å². The number of hydrogen-bond donors (Lipinski definition) is 1. The summed E-state index contributed by atoms with van der Waals surface area (Å²) in [5.74, 6) is 0.298. The number of nitrogens with zero attached hydrogens (tertiary/aromatic N) is 2. The van der Waals surface area contributed by atoms with Crippen molar-refractivity contribution in [1.82, 2.24) is 9.88 Å². The van der Waals surface area contributed by atoms with Crippen LogP contribution in [0.1, 0.15) is 34.6 Å². The fourth-order valence-corrected chi connectivity index (χ4v) is 4.32. The molecule has 2 aromatic rings. The van der Waals surface area contributed by atoms with Crippen LogP contribution in [0.15, 0.2) is 29.8 Å². The third-order valence-electron chi connectivity index (χ3n) is 4.94. The summed E-state index contributed by atoms with van der Waals surface area (Å²) in [6.45, 7) is 3.31. The van der Waals surface area contributed by atoms with Crippen LogP contribution in [0.5, 0.6) is 5.75 Å². The number of aromatic nitrogens is 1. The standard InChI is InChI=1S/C19H22ClN3O3S/c1-13-17(27-12-22-13)18(25)23-7-5-19(6-8-23,10-16(21)24)11-26-15-4-2-3-14(20)9-15/h2-4,9,12H,5-8,10-11H2,1H3,(H2,21,24). The lowest BCUT2D eigenvalue weighted by Crippen LogP contribution is -2.47. The molecule has 1 fully saturated rings. The summed E-state index contributed by atoms with van der Waals surface area (Å²) < 4.78 is 5.91. The van der Waals surface area contributed by atoms with E-state index in [1.54, 1.807) is 17.6 Å². The Bertz CT molecular complexity index is 831. The number of nitrogens with two attached hydrogens (primary N) is 1. The van der Waals surface area contributed by atoms with Crippen LogP contribution in [0.3, 0.4) is 0 Å². The van der Waals surface area contributed by atoms with Gasteiger partial charge in [0.2, 0.25) is 5.91 Å². The van der Waals surface area contributed by atoms with Gasteiger partial charge in [0.1, 0.15) is 10.6 Å². The highest BCUT2D eigenvalue weighted by Crippen LogP contribution is 2.36. The molecule has 2 heterocycles. The Labute approximate surface area is 167 Å². The Morgan fingerprint density at radius 3 is 2.70 bits per heavy atom. The van der Waals surface area contributed by atoms with Gasteiger partial charge in [-0.3, -0.25) is 9.59 Å². The van der Waals surface area contributed by atoms with Crippen LogP contribution < -0.4 is 10.5 Å². The Balaban J connectivity index is 1.67. The molecule has 1 aliphatic heterocycles. The zero-order chi connectivity index (χ0) is 19.4. The van der Waals surface area contributed by atoms with E-state index in [1.165, 1.54) is 11.3 Å². The molecule has 2 amide bonds. The topological polar surface area (TPSA) is 85.5 Å². The van der Waals surface area contributed by atoms with Crippen molar-refractivity contribution in [1.29, 1.82) is 0 Å². The van der Waals surface area contributed by atoms with Gasteiger partial charge in [-0.05, 0) is 38.0 Å². The quantitative estimate of drug-likeness (QED) is 0.796. The second-order valence-electron chi connectivity index (χ2n) is 6.95. The number of ether oxygens (including phenoxy) is 1. The number of rotatable bonds is 6. The van der Waals surface area contributed by atoms with Crippen LogP contribution in [0.25, 0.3) is 0 Å². The molecule has 3 rings (SSSR count). The molecule has 144 valence electrons. The van der Waals surface area contributed by atoms with Gasteiger partial charge in [0.25, 0.3) is 5.91 Å². The van der Waals surface area contributed by atoms with E-state index in [4.69, 9.17) is 22.1 Å². The number of benzene rings is 1. The lowest BCUT2D eigenvalue weighted by molar-refractivity contribution is -0.121. The minimum atomic E-state index is -0.381. The lowest BCUT2D eigenvalue weighted by Gasteiger charge is -2.41. The van der Waals surface area contributed by atoms with E-state index < -0.39 is 0 Å².